The summed E-state index contributed by atoms with van der Waals surface area (Å²) in [7, 11) is 0. The van der Waals surface area contributed by atoms with Crippen LogP contribution in [-0.4, -0.2) is 13.2 Å². The van der Waals surface area contributed by atoms with Gasteiger partial charge in [-0.25, -0.2) is 4.39 Å². The van der Waals surface area contributed by atoms with Crippen LogP contribution in [0.4, 0.5) is 4.39 Å². The molecule has 1 rings (SSSR count). The molecule has 1 aromatic carbocycles. The van der Waals surface area contributed by atoms with E-state index in [2.05, 4.69) is 15.9 Å². The average molecular weight is 276 g/mol. The molecular weight excluding hydrogens is 261 g/mol. The van der Waals surface area contributed by atoms with Crippen LogP contribution in [0.1, 0.15) is 19.3 Å². The van der Waals surface area contributed by atoms with E-state index < -0.39 is 0 Å². The SMILES string of the molecule is NCCCCCOc1cc(F)cc(Br)c1. The van der Waals surface area contributed by atoms with E-state index in [4.69, 9.17) is 10.5 Å². The topological polar surface area (TPSA) is 35.2 Å². The quantitative estimate of drug-likeness (QED) is 0.810. The predicted molar refractivity (Wildman–Crippen MR) is 62.5 cm³/mol. The molecule has 15 heavy (non-hydrogen) atoms. The Morgan fingerprint density at radius 3 is 2.67 bits per heavy atom. The summed E-state index contributed by atoms with van der Waals surface area (Å²) >= 11 is 3.21. The molecule has 1 aromatic rings. The normalized spacial score (nSPS) is 10.3. The third-order valence-corrected chi connectivity index (χ3v) is 2.41. The number of ether oxygens (including phenoxy) is 1. The molecule has 0 saturated carbocycles. The molecule has 0 amide bonds. The third-order valence-electron chi connectivity index (χ3n) is 1.95. The maximum Gasteiger partial charge on any atom is 0.128 e. The van der Waals surface area contributed by atoms with Crippen LogP contribution in [0.15, 0.2) is 22.7 Å². The summed E-state index contributed by atoms with van der Waals surface area (Å²) in [6, 6.07) is 4.54. The van der Waals surface area contributed by atoms with Crippen molar-refractivity contribution in [3.05, 3.63) is 28.5 Å². The lowest BCUT2D eigenvalue weighted by atomic mass is 10.2. The lowest BCUT2D eigenvalue weighted by Crippen LogP contribution is -2.01. The fourth-order valence-corrected chi connectivity index (χ4v) is 1.67. The summed E-state index contributed by atoms with van der Waals surface area (Å²) in [6.45, 7) is 1.32. The Balaban J connectivity index is 2.31. The number of hydrogen-bond acceptors (Lipinski definition) is 2. The van der Waals surface area contributed by atoms with Crippen LogP contribution in [0.2, 0.25) is 0 Å². The average Bonchev–Trinajstić information content (AvgIpc) is 2.16. The van der Waals surface area contributed by atoms with Crippen LogP contribution < -0.4 is 10.5 Å². The van der Waals surface area contributed by atoms with E-state index >= 15 is 0 Å². The number of unbranched alkanes of at least 4 members (excludes halogenated alkanes) is 2. The summed E-state index contributed by atoms with van der Waals surface area (Å²) in [4.78, 5) is 0. The van der Waals surface area contributed by atoms with Crippen LogP contribution >= 0.6 is 15.9 Å². The van der Waals surface area contributed by atoms with Crippen molar-refractivity contribution in [3.63, 3.8) is 0 Å². The fourth-order valence-electron chi connectivity index (χ4n) is 1.23. The standard InChI is InChI=1S/C11H15BrFNO/c12-9-6-10(13)8-11(7-9)15-5-3-1-2-4-14/h6-8H,1-5,14H2. The zero-order valence-corrected chi connectivity index (χ0v) is 10.1. The second-order valence-corrected chi connectivity index (χ2v) is 4.22. The van der Waals surface area contributed by atoms with E-state index in [1.807, 2.05) is 0 Å². The molecule has 0 aromatic heterocycles. The minimum atomic E-state index is -0.290. The van der Waals surface area contributed by atoms with Gasteiger partial charge >= 0.3 is 0 Å². The van der Waals surface area contributed by atoms with Crippen molar-refractivity contribution in [2.24, 2.45) is 5.73 Å². The molecule has 0 spiro atoms. The van der Waals surface area contributed by atoms with E-state index in [-0.39, 0.29) is 5.82 Å². The Kier molecular flexibility index (Phi) is 5.65. The summed E-state index contributed by atoms with van der Waals surface area (Å²) in [6.07, 6.45) is 3.01. The minimum Gasteiger partial charge on any atom is -0.493 e. The largest absolute Gasteiger partial charge is 0.493 e. The lowest BCUT2D eigenvalue weighted by Gasteiger charge is -2.06. The van der Waals surface area contributed by atoms with Crippen LogP contribution in [0, 0.1) is 5.82 Å². The highest BCUT2D eigenvalue weighted by atomic mass is 79.9. The first-order valence-electron chi connectivity index (χ1n) is 5.01. The molecule has 0 aliphatic carbocycles. The predicted octanol–water partition coefficient (Wildman–Crippen LogP) is 3.10. The van der Waals surface area contributed by atoms with E-state index in [1.54, 1.807) is 6.07 Å². The van der Waals surface area contributed by atoms with Gasteiger partial charge < -0.3 is 10.5 Å². The highest BCUT2D eigenvalue weighted by Crippen LogP contribution is 2.20. The molecule has 0 heterocycles. The Labute approximate surface area is 97.7 Å². The maximum absolute atomic E-state index is 12.9. The van der Waals surface area contributed by atoms with Crippen LogP contribution in [0.5, 0.6) is 5.75 Å². The highest BCUT2D eigenvalue weighted by molar-refractivity contribution is 9.10. The Morgan fingerprint density at radius 1 is 1.20 bits per heavy atom. The second kappa shape index (κ2) is 6.80. The van der Waals surface area contributed by atoms with E-state index in [0.29, 0.717) is 23.4 Å². The smallest absolute Gasteiger partial charge is 0.128 e. The molecule has 84 valence electrons. The molecule has 2 nitrogen and oxygen atoms in total. The van der Waals surface area contributed by atoms with Gasteiger partial charge in [-0.3, -0.25) is 0 Å². The zero-order valence-electron chi connectivity index (χ0n) is 8.51. The second-order valence-electron chi connectivity index (χ2n) is 3.30. The van der Waals surface area contributed by atoms with Crippen molar-refractivity contribution in [1.29, 1.82) is 0 Å². The monoisotopic (exact) mass is 275 g/mol. The van der Waals surface area contributed by atoms with Crippen molar-refractivity contribution < 1.29 is 9.13 Å². The van der Waals surface area contributed by atoms with Gasteiger partial charge in [-0.05, 0) is 37.9 Å². The summed E-state index contributed by atoms with van der Waals surface area (Å²) in [5, 5.41) is 0. The molecule has 2 N–H and O–H groups in total. The van der Waals surface area contributed by atoms with E-state index in [1.165, 1.54) is 12.1 Å². The van der Waals surface area contributed by atoms with Gasteiger partial charge in [-0.1, -0.05) is 15.9 Å². The van der Waals surface area contributed by atoms with Crippen molar-refractivity contribution in [2.45, 2.75) is 19.3 Å². The van der Waals surface area contributed by atoms with Crippen LogP contribution in [0.25, 0.3) is 0 Å². The van der Waals surface area contributed by atoms with Gasteiger partial charge in [0.05, 0.1) is 6.61 Å². The molecule has 4 heteroatoms. The van der Waals surface area contributed by atoms with Gasteiger partial charge in [0.2, 0.25) is 0 Å². The van der Waals surface area contributed by atoms with Gasteiger partial charge in [0.15, 0.2) is 0 Å². The molecule has 0 fully saturated rings. The van der Waals surface area contributed by atoms with Crippen LogP contribution in [-0.2, 0) is 0 Å². The van der Waals surface area contributed by atoms with Gasteiger partial charge in [0, 0.05) is 10.5 Å². The molecule has 0 aliphatic heterocycles. The van der Waals surface area contributed by atoms with Crippen molar-refractivity contribution in [2.75, 3.05) is 13.2 Å². The van der Waals surface area contributed by atoms with Crippen molar-refractivity contribution in [3.8, 4) is 5.75 Å². The van der Waals surface area contributed by atoms with Crippen LogP contribution in [0.3, 0.4) is 0 Å². The highest BCUT2D eigenvalue weighted by Gasteiger charge is 1.99. The number of hydrogen-bond donors (Lipinski definition) is 1. The molecule has 0 radical (unpaired) electrons. The van der Waals surface area contributed by atoms with Crippen molar-refractivity contribution in [1.82, 2.24) is 0 Å². The first-order valence-corrected chi connectivity index (χ1v) is 5.80. The molecule has 0 saturated heterocycles. The first-order chi connectivity index (χ1) is 7.22. The number of rotatable bonds is 6. The van der Waals surface area contributed by atoms with E-state index in [9.17, 15) is 4.39 Å². The Bertz CT molecular complexity index is 286. The molecule has 0 atom stereocenters. The Morgan fingerprint density at radius 2 is 2.00 bits per heavy atom. The van der Waals surface area contributed by atoms with Gasteiger partial charge in [0.25, 0.3) is 0 Å². The third kappa shape index (κ3) is 5.14. The molecule has 0 aliphatic rings. The number of benzene rings is 1. The number of halogens is 2. The van der Waals surface area contributed by atoms with Crippen molar-refractivity contribution >= 4 is 15.9 Å². The summed E-state index contributed by atoms with van der Waals surface area (Å²) < 4.78 is 19.0. The minimum absolute atomic E-state index is 0.290. The summed E-state index contributed by atoms with van der Waals surface area (Å²) in [5.41, 5.74) is 5.36. The molecule has 0 bridgehead atoms. The molecular formula is C11H15BrFNO. The summed E-state index contributed by atoms with van der Waals surface area (Å²) in [5.74, 6) is 0.274. The molecule has 0 unspecified atom stereocenters. The lowest BCUT2D eigenvalue weighted by molar-refractivity contribution is 0.304. The number of nitrogens with two attached hydrogens (primary N) is 1. The van der Waals surface area contributed by atoms with E-state index in [0.717, 1.165) is 19.3 Å². The Hall–Kier alpha value is -0.610. The van der Waals surface area contributed by atoms with Gasteiger partial charge in [-0.15, -0.1) is 0 Å². The van der Waals surface area contributed by atoms with Gasteiger partial charge in [-0.2, -0.15) is 0 Å². The van der Waals surface area contributed by atoms with Gasteiger partial charge in [0.1, 0.15) is 11.6 Å². The maximum atomic E-state index is 12.9. The fraction of sp³-hybridized carbons (Fsp3) is 0.455. The first kappa shape index (κ1) is 12.5. The zero-order chi connectivity index (χ0) is 11.1.